The molecule has 0 aromatic heterocycles. The van der Waals surface area contributed by atoms with E-state index in [0.29, 0.717) is 15.1 Å². The van der Waals surface area contributed by atoms with Crippen LogP contribution < -0.4 is 0 Å². The van der Waals surface area contributed by atoms with Crippen LogP contribution in [0.15, 0.2) is 36.4 Å². The second kappa shape index (κ2) is 4.54. The third kappa shape index (κ3) is 2.43. The Bertz CT molecular complexity index is 518. The van der Waals surface area contributed by atoms with Gasteiger partial charge in [-0.15, -0.1) is 0 Å². The molecule has 0 fully saturated rings. The predicted molar refractivity (Wildman–Crippen MR) is 68.6 cm³/mol. The molecule has 0 atom stereocenters. The summed E-state index contributed by atoms with van der Waals surface area (Å²) < 4.78 is 0. The maximum absolute atomic E-state index is 9.32. The van der Waals surface area contributed by atoms with Crippen molar-refractivity contribution in [2.75, 3.05) is 0 Å². The zero-order valence-electron chi connectivity index (χ0n) is 8.05. The van der Waals surface area contributed by atoms with Gasteiger partial charge in [0.15, 0.2) is 0 Å². The zero-order chi connectivity index (χ0) is 11.7. The largest absolute Gasteiger partial charge is 0.506 e. The third-order valence-corrected chi connectivity index (χ3v) is 2.88. The lowest BCUT2D eigenvalue weighted by atomic mass is 10.1. The molecule has 0 radical (unpaired) electrons. The SMILES string of the molecule is Oc1ccc(-c2cc(Cl)cc(Cl)c2)cc1Cl. The molecule has 0 saturated carbocycles. The van der Waals surface area contributed by atoms with Gasteiger partial charge in [0.1, 0.15) is 5.75 Å². The normalized spacial score (nSPS) is 10.4. The van der Waals surface area contributed by atoms with E-state index in [1.807, 2.05) is 0 Å². The van der Waals surface area contributed by atoms with Crippen molar-refractivity contribution in [3.05, 3.63) is 51.5 Å². The Balaban J connectivity index is 2.54. The van der Waals surface area contributed by atoms with Gasteiger partial charge in [0.05, 0.1) is 5.02 Å². The molecule has 1 nitrogen and oxygen atoms in total. The fourth-order valence-corrected chi connectivity index (χ4v) is 2.11. The second-order valence-electron chi connectivity index (χ2n) is 3.32. The van der Waals surface area contributed by atoms with E-state index in [-0.39, 0.29) is 5.75 Å². The zero-order valence-corrected chi connectivity index (χ0v) is 10.3. The van der Waals surface area contributed by atoms with E-state index < -0.39 is 0 Å². The first-order valence-corrected chi connectivity index (χ1v) is 5.64. The quantitative estimate of drug-likeness (QED) is 0.773. The number of halogens is 3. The van der Waals surface area contributed by atoms with Crippen LogP contribution in [0.5, 0.6) is 5.75 Å². The molecule has 0 aliphatic heterocycles. The average Bonchev–Trinajstić information content (AvgIpc) is 2.20. The van der Waals surface area contributed by atoms with Crippen molar-refractivity contribution >= 4 is 34.8 Å². The van der Waals surface area contributed by atoms with Crippen LogP contribution in [0, 0.1) is 0 Å². The second-order valence-corrected chi connectivity index (χ2v) is 4.60. The number of phenolic OH excluding ortho intramolecular Hbond substituents is 1. The highest BCUT2D eigenvalue weighted by Crippen LogP contribution is 2.32. The minimum Gasteiger partial charge on any atom is -0.506 e. The van der Waals surface area contributed by atoms with Crippen LogP contribution >= 0.6 is 34.8 Å². The molecular formula is C12H7Cl3O. The minimum absolute atomic E-state index is 0.0542. The molecule has 2 aromatic rings. The van der Waals surface area contributed by atoms with Crippen LogP contribution in [0.25, 0.3) is 11.1 Å². The molecule has 0 unspecified atom stereocenters. The van der Waals surface area contributed by atoms with Gasteiger partial charge in [-0.05, 0) is 41.5 Å². The number of phenols is 1. The Kier molecular flexibility index (Phi) is 3.29. The van der Waals surface area contributed by atoms with E-state index in [9.17, 15) is 5.11 Å². The molecule has 0 aliphatic carbocycles. The van der Waals surface area contributed by atoms with Crippen molar-refractivity contribution in [1.29, 1.82) is 0 Å². The first-order valence-electron chi connectivity index (χ1n) is 4.51. The summed E-state index contributed by atoms with van der Waals surface area (Å²) in [4.78, 5) is 0. The number of rotatable bonds is 1. The molecule has 16 heavy (non-hydrogen) atoms. The molecule has 2 rings (SSSR count). The monoisotopic (exact) mass is 272 g/mol. The van der Waals surface area contributed by atoms with Gasteiger partial charge >= 0.3 is 0 Å². The molecule has 0 saturated heterocycles. The van der Waals surface area contributed by atoms with Crippen LogP contribution in [0.4, 0.5) is 0 Å². The first kappa shape index (κ1) is 11.6. The van der Waals surface area contributed by atoms with Crippen LogP contribution in [0.1, 0.15) is 0 Å². The molecular weight excluding hydrogens is 266 g/mol. The molecule has 4 heteroatoms. The summed E-state index contributed by atoms with van der Waals surface area (Å²) in [5.41, 5.74) is 1.71. The molecule has 0 spiro atoms. The van der Waals surface area contributed by atoms with Crippen molar-refractivity contribution in [2.45, 2.75) is 0 Å². The topological polar surface area (TPSA) is 20.2 Å². The molecule has 1 N–H and O–H groups in total. The molecule has 0 heterocycles. The first-order chi connectivity index (χ1) is 7.56. The molecule has 0 amide bonds. The van der Waals surface area contributed by atoms with Crippen LogP contribution in [0.3, 0.4) is 0 Å². The highest BCUT2D eigenvalue weighted by Gasteiger charge is 2.04. The lowest BCUT2D eigenvalue weighted by Crippen LogP contribution is -1.79. The van der Waals surface area contributed by atoms with Gasteiger partial charge in [0.2, 0.25) is 0 Å². The fourth-order valence-electron chi connectivity index (χ4n) is 1.41. The molecule has 82 valence electrons. The van der Waals surface area contributed by atoms with Crippen LogP contribution in [0.2, 0.25) is 15.1 Å². The fraction of sp³-hybridized carbons (Fsp3) is 0. The summed E-state index contributed by atoms with van der Waals surface area (Å²) >= 11 is 17.6. The minimum atomic E-state index is 0.0542. The molecule has 0 aliphatic rings. The van der Waals surface area contributed by atoms with E-state index in [2.05, 4.69) is 0 Å². The van der Waals surface area contributed by atoms with Gasteiger partial charge in [0.25, 0.3) is 0 Å². The Morgan fingerprint density at radius 1 is 0.750 bits per heavy atom. The van der Waals surface area contributed by atoms with E-state index in [1.54, 1.807) is 30.3 Å². The maximum Gasteiger partial charge on any atom is 0.134 e. The number of benzene rings is 2. The van der Waals surface area contributed by atoms with Crippen molar-refractivity contribution in [3.63, 3.8) is 0 Å². The Morgan fingerprint density at radius 2 is 1.38 bits per heavy atom. The summed E-state index contributed by atoms with van der Waals surface area (Å²) in [5.74, 6) is 0.0542. The summed E-state index contributed by atoms with van der Waals surface area (Å²) in [6.45, 7) is 0. The van der Waals surface area contributed by atoms with Crippen LogP contribution in [-0.4, -0.2) is 5.11 Å². The highest BCUT2D eigenvalue weighted by molar-refractivity contribution is 6.35. The summed E-state index contributed by atoms with van der Waals surface area (Å²) in [5, 5.41) is 10.7. The van der Waals surface area contributed by atoms with Gasteiger partial charge in [-0.2, -0.15) is 0 Å². The predicted octanol–water partition coefficient (Wildman–Crippen LogP) is 5.02. The Morgan fingerprint density at radius 3 is 1.94 bits per heavy atom. The maximum atomic E-state index is 9.32. The lowest BCUT2D eigenvalue weighted by Gasteiger charge is -2.05. The lowest BCUT2D eigenvalue weighted by molar-refractivity contribution is 0.475. The van der Waals surface area contributed by atoms with Crippen molar-refractivity contribution in [2.24, 2.45) is 0 Å². The number of hydrogen-bond donors (Lipinski definition) is 1. The van der Waals surface area contributed by atoms with Gasteiger partial charge in [0, 0.05) is 10.0 Å². The number of aromatic hydroxyl groups is 1. The Hall–Kier alpha value is -0.890. The van der Waals surface area contributed by atoms with Crippen molar-refractivity contribution in [1.82, 2.24) is 0 Å². The van der Waals surface area contributed by atoms with E-state index in [0.717, 1.165) is 11.1 Å². The third-order valence-electron chi connectivity index (χ3n) is 2.14. The molecule has 0 bridgehead atoms. The van der Waals surface area contributed by atoms with E-state index in [4.69, 9.17) is 34.8 Å². The van der Waals surface area contributed by atoms with E-state index in [1.165, 1.54) is 6.07 Å². The average molecular weight is 274 g/mol. The Labute approximate surface area is 108 Å². The summed E-state index contributed by atoms with van der Waals surface area (Å²) in [6.07, 6.45) is 0. The summed E-state index contributed by atoms with van der Waals surface area (Å²) in [7, 11) is 0. The van der Waals surface area contributed by atoms with Gasteiger partial charge in [-0.25, -0.2) is 0 Å². The highest BCUT2D eigenvalue weighted by atomic mass is 35.5. The smallest absolute Gasteiger partial charge is 0.134 e. The van der Waals surface area contributed by atoms with Crippen molar-refractivity contribution < 1.29 is 5.11 Å². The standard InChI is InChI=1S/C12H7Cl3O/c13-9-3-8(4-10(14)6-9)7-1-2-12(16)11(15)5-7/h1-6,16H. The van der Waals surface area contributed by atoms with Crippen molar-refractivity contribution in [3.8, 4) is 16.9 Å². The van der Waals surface area contributed by atoms with Gasteiger partial charge in [-0.3, -0.25) is 0 Å². The van der Waals surface area contributed by atoms with Crippen LogP contribution in [-0.2, 0) is 0 Å². The van der Waals surface area contributed by atoms with E-state index >= 15 is 0 Å². The number of hydrogen-bond acceptors (Lipinski definition) is 1. The van der Waals surface area contributed by atoms with Gasteiger partial charge in [-0.1, -0.05) is 40.9 Å². The van der Waals surface area contributed by atoms with Gasteiger partial charge < -0.3 is 5.11 Å². The molecule has 2 aromatic carbocycles. The summed E-state index contributed by atoms with van der Waals surface area (Å²) in [6, 6.07) is 10.2.